The SMILES string of the molecule is CCOC(=O)c1c(C(=O)OCC)c2ccccn2c1C(C)=O. The van der Waals surface area contributed by atoms with Crippen LogP contribution in [0.25, 0.3) is 5.52 Å². The summed E-state index contributed by atoms with van der Waals surface area (Å²) in [6.45, 7) is 4.98. The van der Waals surface area contributed by atoms with Gasteiger partial charge in [0.15, 0.2) is 5.78 Å². The molecular weight excluding hydrogens is 286 g/mol. The first-order valence-corrected chi connectivity index (χ1v) is 7.01. The van der Waals surface area contributed by atoms with E-state index in [2.05, 4.69) is 0 Å². The Morgan fingerprint density at radius 1 is 1.00 bits per heavy atom. The minimum Gasteiger partial charge on any atom is -0.462 e. The fraction of sp³-hybridized carbons (Fsp3) is 0.312. The molecule has 0 saturated carbocycles. The number of nitrogens with zero attached hydrogens (tertiary/aromatic N) is 1. The van der Waals surface area contributed by atoms with Crippen molar-refractivity contribution in [2.75, 3.05) is 13.2 Å². The maximum atomic E-state index is 12.3. The van der Waals surface area contributed by atoms with E-state index in [9.17, 15) is 14.4 Å². The average molecular weight is 303 g/mol. The third kappa shape index (κ3) is 2.59. The van der Waals surface area contributed by atoms with Gasteiger partial charge in [0.05, 0.1) is 18.7 Å². The predicted molar refractivity (Wildman–Crippen MR) is 79.3 cm³/mol. The zero-order valence-electron chi connectivity index (χ0n) is 12.7. The molecule has 6 heteroatoms. The van der Waals surface area contributed by atoms with Gasteiger partial charge in [-0.1, -0.05) is 6.07 Å². The predicted octanol–water partition coefficient (Wildman–Crippen LogP) is 2.50. The van der Waals surface area contributed by atoms with Crippen molar-refractivity contribution in [3.05, 3.63) is 41.2 Å². The molecule has 0 fully saturated rings. The van der Waals surface area contributed by atoms with Crippen LogP contribution in [0.15, 0.2) is 24.4 Å². The summed E-state index contributed by atoms with van der Waals surface area (Å²) in [5.74, 6) is -1.69. The lowest BCUT2D eigenvalue weighted by Gasteiger charge is -2.05. The van der Waals surface area contributed by atoms with Crippen LogP contribution in [0, 0.1) is 0 Å². The summed E-state index contributed by atoms with van der Waals surface area (Å²) in [7, 11) is 0. The standard InChI is InChI=1S/C16H17NO5/c1-4-21-15(19)12-11-8-6-7-9-17(11)14(10(3)18)13(12)16(20)22-5-2/h6-9H,4-5H2,1-3H3. The highest BCUT2D eigenvalue weighted by Crippen LogP contribution is 2.26. The molecule has 0 aliphatic heterocycles. The van der Waals surface area contributed by atoms with Crippen LogP contribution in [0.5, 0.6) is 0 Å². The minimum absolute atomic E-state index is 0.0426. The second-order valence-electron chi connectivity index (χ2n) is 4.55. The van der Waals surface area contributed by atoms with Crippen LogP contribution in [-0.2, 0) is 9.47 Å². The van der Waals surface area contributed by atoms with Crippen molar-refractivity contribution in [2.45, 2.75) is 20.8 Å². The fourth-order valence-corrected chi connectivity index (χ4v) is 2.37. The molecule has 6 nitrogen and oxygen atoms in total. The van der Waals surface area contributed by atoms with Gasteiger partial charge in [-0.05, 0) is 26.0 Å². The minimum atomic E-state index is -0.709. The molecule has 0 radical (unpaired) electrons. The molecule has 0 aliphatic carbocycles. The lowest BCUT2D eigenvalue weighted by Crippen LogP contribution is -2.15. The quantitative estimate of drug-likeness (QED) is 0.626. The topological polar surface area (TPSA) is 74.1 Å². The number of carbonyl (C=O) groups excluding carboxylic acids is 3. The summed E-state index contributed by atoms with van der Waals surface area (Å²) in [6.07, 6.45) is 1.62. The van der Waals surface area contributed by atoms with E-state index >= 15 is 0 Å². The van der Waals surface area contributed by atoms with Gasteiger partial charge in [0.1, 0.15) is 16.8 Å². The number of ketones is 1. The molecule has 0 aliphatic rings. The zero-order valence-corrected chi connectivity index (χ0v) is 12.7. The van der Waals surface area contributed by atoms with Crippen molar-refractivity contribution in [1.29, 1.82) is 0 Å². The van der Waals surface area contributed by atoms with Crippen LogP contribution < -0.4 is 0 Å². The molecule has 0 atom stereocenters. The van der Waals surface area contributed by atoms with E-state index in [0.717, 1.165) is 0 Å². The van der Waals surface area contributed by atoms with E-state index in [1.807, 2.05) is 0 Å². The smallest absolute Gasteiger partial charge is 0.341 e. The van der Waals surface area contributed by atoms with Crippen LogP contribution in [0.4, 0.5) is 0 Å². The fourth-order valence-electron chi connectivity index (χ4n) is 2.37. The Hall–Kier alpha value is -2.63. The van der Waals surface area contributed by atoms with Crippen molar-refractivity contribution in [3.8, 4) is 0 Å². The Bertz CT molecular complexity index is 744. The van der Waals surface area contributed by atoms with Gasteiger partial charge >= 0.3 is 11.9 Å². The van der Waals surface area contributed by atoms with Gasteiger partial charge in [-0.25, -0.2) is 9.59 Å². The zero-order chi connectivity index (χ0) is 16.3. The van der Waals surface area contributed by atoms with E-state index in [0.29, 0.717) is 5.52 Å². The summed E-state index contributed by atoms with van der Waals surface area (Å²) in [6, 6.07) is 5.08. The van der Waals surface area contributed by atoms with Crippen LogP contribution in [0.1, 0.15) is 52.0 Å². The van der Waals surface area contributed by atoms with Gasteiger partial charge in [-0.3, -0.25) is 4.79 Å². The highest BCUT2D eigenvalue weighted by molar-refractivity contribution is 6.15. The average Bonchev–Trinajstić information content (AvgIpc) is 2.83. The largest absolute Gasteiger partial charge is 0.462 e. The van der Waals surface area contributed by atoms with E-state index in [1.165, 1.54) is 11.3 Å². The van der Waals surface area contributed by atoms with Gasteiger partial charge in [0.2, 0.25) is 0 Å². The highest BCUT2D eigenvalue weighted by Gasteiger charge is 2.31. The van der Waals surface area contributed by atoms with Gasteiger partial charge in [0.25, 0.3) is 0 Å². The molecule has 116 valence electrons. The number of pyridine rings is 1. The lowest BCUT2D eigenvalue weighted by molar-refractivity contribution is 0.0480. The highest BCUT2D eigenvalue weighted by atomic mass is 16.5. The van der Waals surface area contributed by atoms with Crippen molar-refractivity contribution in [1.82, 2.24) is 4.40 Å². The molecule has 0 amide bonds. The Balaban J connectivity index is 2.84. The van der Waals surface area contributed by atoms with E-state index < -0.39 is 11.9 Å². The molecule has 0 unspecified atom stereocenters. The van der Waals surface area contributed by atoms with Gasteiger partial charge in [0, 0.05) is 13.1 Å². The summed E-state index contributed by atoms with van der Waals surface area (Å²) >= 11 is 0. The second kappa shape index (κ2) is 6.43. The Kier molecular flexibility index (Phi) is 4.60. The number of fused-ring (bicyclic) bond motifs is 1. The number of Topliss-reactive ketones (excluding diaryl/α,β-unsaturated/α-hetero) is 1. The van der Waals surface area contributed by atoms with Crippen LogP contribution >= 0.6 is 0 Å². The third-order valence-electron chi connectivity index (χ3n) is 3.14. The van der Waals surface area contributed by atoms with Gasteiger partial charge in [-0.15, -0.1) is 0 Å². The van der Waals surface area contributed by atoms with Crippen LogP contribution in [0.3, 0.4) is 0 Å². The summed E-state index contributed by atoms with van der Waals surface area (Å²) in [4.78, 5) is 36.5. The molecular formula is C16H17NO5. The normalized spacial score (nSPS) is 10.5. The number of hydrogen-bond acceptors (Lipinski definition) is 5. The number of hydrogen-bond donors (Lipinski definition) is 0. The van der Waals surface area contributed by atoms with E-state index in [4.69, 9.17) is 9.47 Å². The van der Waals surface area contributed by atoms with Crippen LogP contribution in [0.2, 0.25) is 0 Å². The molecule has 0 bridgehead atoms. The van der Waals surface area contributed by atoms with Crippen LogP contribution in [-0.4, -0.2) is 35.3 Å². The lowest BCUT2D eigenvalue weighted by atomic mass is 10.1. The monoisotopic (exact) mass is 303 g/mol. The molecule has 0 aromatic carbocycles. The molecule has 0 saturated heterocycles. The molecule has 2 aromatic rings. The van der Waals surface area contributed by atoms with E-state index in [-0.39, 0.29) is 35.8 Å². The Morgan fingerprint density at radius 3 is 2.14 bits per heavy atom. The van der Waals surface area contributed by atoms with Gasteiger partial charge < -0.3 is 13.9 Å². The summed E-state index contributed by atoms with van der Waals surface area (Å²) in [5.41, 5.74) is 0.580. The first-order valence-electron chi connectivity index (χ1n) is 7.01. The second-order valence-corrected chi connectivity index (χ2v) is 4.55. The molecule has 2 aromatic heterocycles. The number of esters is 2. The van der Waals surface area contributed by atoms with Gasteiger partial charge in [-0.2, -0.15) is 0 Å². The Morgan fingerprint density at radius 2 is 1.59 bits per heavy atom. The number of rotatable bonds is 5. The first-order chi connectivity index (χ1) is 10.5. The maximum Gasteiger partial charge on any atom is 0.341 e. The molecule has 2 heterocycles. The molecule has 2 rings (SSSR count). The number of ether oxygens (including phenoxy) is 2. The first kappa shape index (κ1) is 15.8. The Labute approximate surface area is 127 Å². The van der Waals surface area contributed by atoms with Crippen molar-refractivity contribution in [3.63, 3.8) is 0 Å². The van der Waals surface area contributed by atoms with Crippen molar-refractivity contribution < 1.29 is 23.9 Å². The molecule has 0 spiro atoms. The number of aromatic nitrogens is 1. The molecule has 0 N–H and O–H groups in total. The van der Waals surface area contributed by atoms with Crippen molar-refractivity contribution in [2.24, 2.45) is 0 Å². The van der Waals surface area contributed by atoms with E-state index in [1.54, 1.807) is 38.2 Å². The number of carbonyl (C=O) groups is 3. The maximum absolute atomic E-state index is 12.3. The summed E-state index contributed by atoms with van der Waals surface area (Å²) < 4.78 is 11.5. The molecule has 22 heavy (non-hydrogen) atoms. The third-order valence-corrected chi connectivity index (χ3v) is 3.14. The summed E-state index contributed by atoms with van der Waals surface area (Å²) in [5, 5.41) is 0. The van der Waals surface area contributed by atoms with Crippen molar-refractivity contribution >= 4 is 23.2 Å².